The molecule has 166 valence electrons. The van der Waals surface area contributed by atoms with Crippen LogP contribution in [0, 0.1) is 5.92 Å². The Balaban J connectivity index is 1.61. The van der Waals surface area contributed by atoms with Crippen molar-refractivity contribution >= 4 is 11.8 Å². The molecule has 2 aliphatic rings. The van der Waals surface area contributed by atoms with Crippen molar-refractivity contribution in [3.63, 3.8) is 0 Å². The van der Waals surface area contributed by atoms with E-state index >= 15 is 0 Å². The molecule has 3 rings (SSSR count). The highest BCUT2D eigenvalue weighted by Gasteiger charge is 2.37. The van der Waals surface area contributed by atoms with Crippen LogP contribution in [0.4, 0.5) is 0 Å². The molecule has 30 heavy (non-hydrogen) atoms. The zero-order valence-corrected chi connectivity index (χ0v) is 18.8. The van der Waals surface area contributed by atoms with Crippen LogP contribution in [-0.2, 0) is 9.53 Å². The van der Waals surface area contributed by atoms with Gasteiger partial charge in [-0.25, -0.2) is 0 Å². The van der Waals surface area contributed by atoms with E-state index in [4.69, 9.17) is 9.47 Å². The normalized spacial score (nSPS) is 24.1. The molecule has 7 heteroatoms. The van der Waals surface area contributed by atoms with Crippen molar-refractivity contribution in [3.05, 3.63) is 29.8 Å². The molecule has 2 heterocycles. The minimum absolute atomic E-state index is 0.000917. The molecule has 7 nitrogen and oxygen atoms in total. The van der Waals surface area contributed by atoms with E-state index in [0.717, 1.165) is 18.8 Å². The smallest absolute Gasteiger partial charge is 0.253 e. The number of morpholine rings is 1. The molecule has 0 bridgehead atoms. The minimum Gasteiger partial charge on any atom is -0.497 e. The highest BCUT2D eigenvalue weighted by molar-refractivity contribution is 5.94. The molecule has 1 aromatic rings. The number of benzene rings is 1. The maximum absolute atomic E-state index is 13.4. The van der Waals surface area contributed by atoms with Gasteiger partial charge >= 0.3 is 0 Å². The van der Waals surface area contributed by atoms with Crippen molar-refractivity contribution in [1.82, 2.24) is 14.7 Å². The lowest BCUT2D eigenvalue weighted by Gasteiger charge is -2.44. The molecule has 0 aromatic heterocycles. The van der Waals surface area contributed by atoms with Crippen molar-refractivity contribution in [3.8, 4) is 5.75 Å². The number of ether oxygens (including phenoxy) is 2. The summed E-state index contributed by atoms with van der Waals surface area (Å²) in [5.74, 6) is 1.12. The molecule has 3 atom stereocenters. The molecule has 2 saturated heterocycles. The number of carbonyl (C=O) groups is 2. The van der Waals surface area contributed by atoms with Crippen LogP contribution in [0.3, 0.4) is 0 Å². The third-order valence-corrected chi connectivity index (χ3v) is 5.94. The Morgan fingerprint density at radius 2 is 1.50 bits per heavy atom. The van der Waals surface area contributed by atoms with Crippen molar-refractivity contribution in [2.75, 3.05) is 46.4 Å². The van der Waals surface area contributed by atoms with Crippen LogP contribution < -0.4 is 4.74 Å². The van der Waals surface area contributed by atoms with Gasteiger partial charge in [0, 0.05) is 44.8 Å². The first kappa shape index (κ1) is 22.6. The summed E-state index contributed by atoms with van der Waals surface area (Å²) < 4.78 is 11.0. The van der Waals surface area contributed by atoms with Gasteiger partial charge in [-0.15, -0.1) is 0 Å². The Bertz CT molecular complexity index is 718. The number of hydrogen-bond acceptors (Lipinski definition) is 5. The van der Waals surface area contributed by atoms with Gasteiger partial charge in [-0.05, 0) is 44.0 Å². The highest BCUT2D eigenvalue weighted by atomic mass is 16.5. The lowest BCUT2D eigenvalue weighted by molar-refractivity contribution is -0.146. The fraction of sp³-hybridized carbons (Fsp3) is 0.652. The number of amides is 2. The van der Waals surface area contributed by atoms with Crippen LogP contribution in [0.15, 0.2) is 24.3 Å². The van der Waals surface area contributed by atoms with Crippen molar-refractivity contribution in [2.24, 2.45) is 5.92 Å². The molecule has 1 aromatic carbocycles. The molecule has 0 N–H and O–H groups in total. The summed E-state index contributed by atoms with van der Waals surface area (Å²) in [6, 6.07) is 7.01. The van der Waals surface area contributed by atoms with E-state index in [0.29, 0.717) is 31.7 Å². The molecule has 0 radical (unpaired) electrons. The molecule has 0 saturated carbocycles. The van der Waals surface area contributed by atoms with Gasteiger partial charge in [0.2, 0.25) is 5.91 Å². The van der Waals surface area contributed by atoms with Gasteiger partial charge in [0.1, 0.15) is 5.75 Å². The quantitative estimate of drug-likeness (QED) is 0.734. The first-order valence-electron chi connectivity index (χ1n) is 10.9. The second kappa shape index (κ2) is 9.79. The molecular weight excluding hydrogens is 382 g/mol. The fourth-order valence-corrected chi connectivity index (χ4v) is 4.54. The van der Waals surface area contributed by atoms with Crippen LogP contribution in [0.2, 0.25) is 0 Å². The zero-order valence-electron chi connectivity index (χ0n) is 18.8. The van der Waals surface area contributed by atoms with E-state index < -0.39 is 0 Å². The summed E-state index contributed by atoms with van der Waals surface area (Å²) in [6.45, 7) is 12.1. The van der Waals surface area contributed by atoms with Gasteiger partial charge in [0.15, 0.2) is 0 Å². The number of rotatable bonds is 5. The van der Waals surface area contributed by atoms with Crippen LogP contribution in [-0.4, -0.2) is 91.1 Å². The third kappa shape index (κ3) is 5.13. The average molecular weight is 418 g/mol. The predicted octanol–water partition coefficient (Wildman–Crippen LogP) is 2.11. The Morgan fingerprint density at radius 1 is 0.967 bits per heavy atom. The number of nitrogens with zero attached hydrogens (tertiary/aromatic N) is 3. The molecule has 0 spiro atoms. The van der Waals surface area contributed by atoms with E-state index in [1.165, 1.54) is 0 Å². The monoisotopic (exact) mass is 417 g/mol. The Kier molecular flexibility index (Phi) is 7.36. The first-order valence-corrected chi connectivity index (χ1v) is 10.9. The maximum atomic E-state index is 13.4. The summed E-state index contributed by atoms with van der Waals surface area (Å²) in [6.07, 6.45) is 0.253. The van der Waals surface area contributed by atoms with E-state index in [9.17, 15) is 9.59 Å². The molecule has 2 aliphatic heterocycles. The van der Waals surface area contributed by atoms with E-state index in [2.05, 4.69) is 32.6 Å². The Morgan fingerprint density at radius 3 is 2.00 bits per heavy atom. The topological polar surface area (TPSA) is 62.3 Å². The number of carbonyl (C=O) groups excluding carboxylic acids is 2. The predicted molar refractivity (Wildman–Crippen MR) is 116 cm³/mol. The maximum Gasteiger partial charge on any atom is 0.253 e. The minimum atomic E-state index is -0.150. The molecule has 2 fully saturated rings. The summed E-state index contributed by atoms with van der Waals surface area (Å²) in [7, 11) is 1.61. The lowest BCUT2D eigenvalue weighted by atomic mass is 9.98. The van der Waals surface area contributed by atoms with Crippen LogP contribution in [0.25, 0.3) is 0 Å². The van der Waals surface area contributed by atoms with Crippen LogP contribution in [0.5, 0.6) is 5.75 Å². The zero-order chi connectivity index (χ0) is 21.8. The van der Waals surface area contributed by atoms with Gasteiger partial charge in [0.25, 0.3) is 5.91 Å². The van der Waals surface area contributed by atoms with E-state index in [1.807, 2.05) is 9.80 Å². The first-order chi connectivity index (χ1) is 14.3. The molecular formula is C23H35N3O4. The van der Waals surface area contributed by atoms with E-state index in [1.54, 1.807) is 31.4 Å². The van der Waals surface area contributed by atoms with Crippen LogP contribution >= 0.6 is 0 Å². The molecule has 0 aliphatic carbocycles. The highest BCUT2D eigenvalue weighted by Crippen LogP contribution is 2.21. The van der Waals surface area contributed by atoms with Gasteiger partial charge in [-0.1, -0.05) is 13.8 Å². The largest absolute Gasteiger partial charge is 0.497 e. The Hall–Kier alpha value is -2.12. The number of piperazine rings is 1. The second-order valence-electron chi connectivity index (χ2n) is 8.75. The second-order valence-corrected chi connectivity index (χ2v) is 8.75. The lowest BCUT2D eigenvalue weighted by Crippen LogP contribution is -2.60. The number of methoxy groups -OCH3 is 1. The van der Waals surface area contributed by atoms with Crippen molar-refractivity contribution in [1.29, 1.82) is 0 Å². The SMILES string of the molecule is COc1ccc(C(=O)N2CCN(C(=O)[C@H](C(C)C)N3C[C@@H](C)O[C@H](C)C3)CC2)cc1. The molecule has 0 unspecified atom stereocenters. The summed E-state index contributed by atoms with van der Waals surface area (Å²) in [5, 5.41) is 0. The summed E-state index contributed by atoms with van der Waals surface area (Å²) in [4.78, 5) is 32.2. The third-order valence-electron chi connectivity index (χ3n) is 5.94. The van der Waals surface area contributed by atoms with Gasteiger partial charge in [-0.2, -0.15) is 0 Å². The number of hydrogen-bond donors (Lipinski definition) is 0. The van der Waals surface area contributed by atoms with Gasteiger partial charge in [-0.3, -0.25) is 14.5 Å². The van der Waals surface area contributed by atoms with Crippen LogP contribution in [0.1, 0.15) is 38.1 Å². The average Bonchev–Trinajstić information content (AvgIpc) is 2.72. The van der Waals surface area contributed by atoms with E-state index in [-0.39, 0.29) is 36.0 Å². The van der Waals surface area contributed by atoms with Crippen molar-refractivity contribution in [2.45, 2.75) is 45.9 Å². The van der Waals surface area contributed by atoms with Crippen molar-refractivity contribution < 1.29 is 19.1 Å². The van der Waals surface area contributed by atoms with Gasteiger partial charge < -0.3 is 19.3 Å². The molecule has 2 amide bonds. The standard InChI is InChI=1S/C23H35N3O4/c1-16(2)21(26-14-17(3)30-18(4)15-26)23(28)25-12-10-24(11-13-25)22(27)19-6-8-20(29-5)9-7-19/h6-9,16-18,21H,10-15H2,1-5H3/t17-,18-,21+/m1/s1. The fourth-order valence-electron chi connectivity index (χ4n) is 4.54. The Labute approximate surface area is 179 Å². The summed E-state index contributed by atoms with van der Waals surface area (Å²) >= 11 is 0. The van der Waals surface area contributed by atoms with Gasteiger partial charge in [0.05, 0.1) is 25.4 Å². The summed E-state index contributed by atoms with van der Waals surface area (Å²) in [5.41, 5.74) is 0.645.